The van der Waals surface area contributed by atoms with Crippen LogP contribution >= 0.6 is 0 Å². The van der Waals surface area contributed by atoms with E-state index in [0.29, 0.717) is 17.2 Å². The van der Waals surface area contributed by atoms with Crippen molar-refractivity contribution in [2.45, 2.75) is 112 Å². The standard InChI is InChI=1S/C11H9NO4.C11H9NO3.4C3H8O.C2H5.BrH.Mg.Ti.V/c1-2-14-11(13)8-4-10-9(15-6-16-10)3-7(8)5-12;13-10-6-3-8-9(15-5-14-8)4-7(6)11(12-10)1-2-11;4*1-3(2)4;1-2;;;;/h3-4H,2,6H2,1H3;3-4H,1-2,5H2,(H,12,13);4*3-4H,1-2H3;1H2,2H3;1H;;;/q;;;;;;-1;;+2;;/p-1. The molecule has 0 unspecified atom stereocenters. The van der Waals surface area contributed by atoms with Crippen LogP contribution < -0.4 is 41.2 Å². The normalized spacial score (nSPS) is 12.9. The number of hydrogen-bond donors (Lipinski definition) is 5. The minimum Gasteiger partial charge on any atom is -1.00 e. The smallest absolute Gasteiger partial charge is 1.00 e. The Balaban J connectivity index is -0.000000192. The molecule has 0 aromatic heterocycles. The fourth-order valence-electron chi connectivity index (χ4n) is 3.81. The number of amides is 1. The molecule has 53 heavy (non-hydrogen) atoms. The van der Waals surface area contributed by atoms with Crippen molar-refractivity contribution in [2.24, 2.45) is 0 Å². The molecule has 1 aliphatic carbocycles. The fraction of sp³-hybridized carbons (Fsp3) is 0.556. The number of aliphatic hydroxyl groups is 4. The van der Waals surface area contributed by atoms with Crippen LogP contribution in [0.15, 0.2) is 24.3 Å². The van der Waals surface area contributed by atoms with E-state index in [0.717, 1.165) is 29.7 Å². The molecule has 5 N–H and O–H groups in total. The van der Waals surface area contributed by atoms with Crippen LogP contribution in [0.3, 0.4) is 0 Å². The maximum atomic E-state index is 11.7. The topological polar surface area (TPSA) is 197 Å². The molecule has 1 spiro atoms. The van der Waals surface area contributed by atoms with Gasteiger partial charge in [-0.1, -0.05) is 0 Å². The number of nitrogens with zero attached hydrogens (tertiary/aromatic N) is 1. The van der Waals surface area contributed by atoms with Crippen LogP contribution in [-0.4, -0.2) is 100.0 Å². The Bertz CT molecular complexity index is 1340. The van der Waals surface area contributed by atoms with Crippen molar-refractivity contribution in [3.63, 3.8) is 0 Å². The zero-order valence-electron chi connectivity index (χ0n) is 32.5. The number of carbonyl (C=O) groups excluding carboxylic acids is 2. The molecule has 293 valence electrons. The van der Waals surface area contributed by atoms with Crippen LogP contribution in [0.5, 0.6) is 23.0 Å². The van der Waals surface area contributed by atoms with E-state index >= 15 is 0 Å². The molecule has 2 aromatic carbocycles. The molecule has 0 bridgehead atoms. The third kappa shape index (κ3) is 23.2. The summed E-state index contributed by atoms with van der Waals surface area (Å²) in [4.78, 5) is 23.3. The predicted molar refractivity (Wildman–Crippen MR) is 190 cm³/mol. The van der Waals surface area contributed by atoms with Gasteiger partial charge in [0.25, 0.3) is 5.91 Å². The van der Waals surface area contributed by atoms with Gasteiger partial charge in [-0.2, -0.15) is 12.2 Å². The average molecular weight is 895 g/mol. The number of aliphatic hydroxyl groups excluding tert-OH is 4. The molecule has 3 aliphatic heterocycles. The van der Waals surface area contributed by atoms with E-state index < -0.39 is 5.97 Å². The summed E-state index contributed by atoms with van der Waals surface area (Å²) >= 11 is 0. The van der Waals surface area contributed by atoms with Crippen LogP contribution in [0.25, 0.3) is 0 Å². The second-order valence-electron chi connectivity index (χ2n) is 11.7. The maximum absolute atomic E-state index is 11.7. The summed E-state index contributed by atoms with van der Waals surface area (Å²) in [6.45, 7) is 21.1. The van der Waals surface area contributed by atoms with Gasteiger partial charge in [0, 0.05) is 82.4 Å². The van der Waals surface area contributed by atoms with Gasteiger partial charge in [0.15, 0.2) is 23.0 Å². The molecule has 13 nitrogen and oxygen atoms in total. The summed E-state index contributed by atoms with van der Waals surface area (Å²) in [7, 11) is 0. The number of rotatable bonds is 2. The van der Waals surface area contributed by atoms with E-state index in [2.05, 4.69) is 12.2 Å². The van der Waals surface area contributed by atoms with Gasteiger partial charge in [0.1, 0.15) is 6.07 Å². The number of esters is 1. The van der Waals surface area contributed by atoms with Crippen LogP contribution in [0, 0.1) is 18.3 Å². The van der Waals surface area contributed by atoms with Crippen molar-refractivity contribution >= 4 is 34.9 Å². The molecule has 17 heteroatoms. The number of benzene rings is 2. The molecule has 1 saturated carbocycles. The number of halogens is 1. The van der Waals surface area contributed by atoms with Crippen LogP contribution in [-0.2, 0) is 50.5 Å². The second-order valence-corrected chi connectivity index (χ2v) is 11.7. The minimum absolute atomic E-state index is 0. The number of carbonyl (C=O) groups is 2. The Morgan fingerprint density at radius 1 is 0.830 bits per heavy atom. The first kappa shape index (κ1) is 60.7. The van der Waals surface area contributed by atoms with Crippen molar-refractivity contribution in [3.8, 4) is 29.1 Å². The number of nitrogens with one attached hydrogen (secondary N) is 1. The van der Waals surface area contributed by atoms with Crippen molar-refractivity contribution in [1.82, 2.24) is 5.32 Å². The van der Waals surface area contributed by atoms with Gasteiger partial charge in [-0.15, -0.1) is 0 Å². The Hall–Kier alpha value is -1.55. The monoisotopic (exact) mass is 893 g/mol. The minimum atomic E-state index is -0.530. The average Bonchev–Trinajstić information content (AvgIpc) is 3.30. The van der Waals surface area contributed by atoms with Gasteiger partial charge < -0.3 is 73.3 Å². The summed E-state index contributed by atoms with van der Waals surface area (Å²) in [6, 6.07) is 8.62. The summed E-state index contributed by atoms with van der Waals surface area (Å²) in [5.41, 5.74) is 2.18. The molecular weight excluding hydrogens is 839 g/mol. The number of nitriles is 1. The molecule has 3 heterocycles. The first-order valence-corrected chi connectivity index (χ1v) is 16.2. The molecule has 4 aliphatic rings. The van der Waals surface area contributed by atoms with E-state index in [4.69, 9.17) is 49.4 Å². The quantitative estimate of drug-likeness (QED) is 0.166. The summed E-state index contributed by atoms with van der Waals surface area (Å²) < 4.78 is 25.7. The third-order valence-corrected chi connectivity index (χ3v) is 5.50. The van der Waals surface area contributed by atoms with E-state index in [-0.39, 0.29) is 147 Å². The van der Waals surface area contributed by atoms with Gasteiger partial charge in [-0.05, 0) is 92.9 Å². The van der Waals surface area contributed by atoms with E-state index in [1.54, 1.807) is 75.3 Å². The summed E-state index contributed by atoms with van der Waals surface area (Å²) in [5, 5.41) is 44.2. The van der Waals surface area contributed by atoms with Gasteiger partial charge >= 0.3 is 29.0 Å². The SMILES string of the molecule is CC(C)O.CC(C)O.CC(C)O.CC(C)O.CCOC(=O)c1cc2c(cc1C#N)OCO2.O=C1NC2(CC2)c2cc3c(cc21)OCO3.[Br-].[CH2-]C.[Mg+2].[Ti].[V]. The third-order valence-electron chi connectivity index (χ3n) is 5.50. The molecule has 6 rings (SSSR count). The second kappa shape index (κ2) is 31.6. The van der Waals surface area contributed by atoms with Gasteiger partial charge in [-0.25, -0.2) is 4.79 Å². The summed E-state index contributed by atoms with van der Waals surface area (Å²) in [6.07, 6.45) is 1.40. The van der Waals surface area contributed by atoms with Crippen molar-refractivity contribution < 1.29 is 111 Å². The molecule has 1 fully saturated rings. The number of fused-ring (bicyclic) bond motifs is 4. The first-order chi connectivity index (χ1) is 23.0. The predicted octanol–water partition coefficient (Wildman–Crippen LogP) is 1.62. The Kier molecular flexibility index (Phi) is 36.2. The van der Waals surface area contributed by atoms with Crippen LogP contribution in [0.2, 0.25) is 0 Å². The summed E-state index contributed by atoms with van der Waals surface area (Å²) in [5.74, 6) is 1.86. The van der Waals surface area contributed by atoms with E-state index in [1.165, 1.54) is 12.1 Å². The molecule has 1 amide bonds. The zero-order valence-corrected chi connectivity index (χ0v) is 38.4. The van der Waals surface area contributed by atoms with E-state index in [1.807, 2.05) is 12.1 Å². The number of ether oxygens (including phenoxy) is 5. The molecule has 2 aromatic rings. The maximum Gasteiger partial charge on any atom is 2.00 e. The zero-order chi connectivity index (χ0) is 37.9. The number of hydrogen-bond acceptors (Lipinski definition) is 12. The van der Waals surface area contributed by atoms with Crippen LogP contribution in [0.1, 0.15) is 114 Å². The van der Waals surface area contributed by atoms with Gasteiger partial charge in [-0.3, -0.25) is 4.79 Å². The molecule has 1 radical (unpaired) electrons. The first-order valence-electron chi connectivity index (χ1n) is 16.2. The van der Waals surface area contributed by atoms with E-state index in [9.17, 15) is 9.59 Å². The van der Waals surface area contributed by atoms with Gasteiger partial charge in [0.05, 0.1) is 23.3 Å². The Labute approximate surface area is 368 Å². The molecular formula is C36H55BrMgN2O11TiV. The molecule has 0 atom stereocenters. The van der Waals surface area contributed by atoms with Crippen molar-refractivity contribution in [3.05, 3.63) is 53.4 Å². The Morgan fingerprint density at radius 2 is 1.19 bits per heavy atom. The fourth-order valence-corrected chi connectivity index (χ4v) is 3.81. The molecule has 0 saturated heterocycles. The van der Waals surface area contributed by atoms with Gasteiger partial charge in [0.2, 0.25) is 13.6 Å². The van der Waals surface area contributed by atoms with Crippen molar-refractivity contribution in [1.29, 1.82) is 5.26 Å². The Morgan fingerprint density at radius 3 is 1.55 bits per heavy atom. The van der Waals surface area contributed by atoms with Crippen LogP contribution in [0.4, 0.5) is 0 Å². The largest absolute Gasteiger partial charge is 2.00 e. The van der Waals surface area contributed by atoms with Crippen molar-refractivity contribution in [2.75, 3.05) is 20.2 Å².